The summed E-state index contributed by atoms with van der Waals surface area (Å²) in [6, 6.07) is 4.13. The van der Waals surface area contributed by atoms with Crippen molar-refractivity contribution in [3.63, 3.8) is 0 Å². The molecule has 0 spiro atoms. The van der Waals surface area contributed by atoms with Crippen molar-refractivity contribution in [2.24, 2.45) is 5.92 Å². The normalized spacial score (nSPS) is 10.9. The molecular formula is C14H23ClN2. The number of pyridine rings is 1. The SMILES string of the molecule is CCC(CC)CN(CC)c1ccc(CCl)cn1. The predicted octanol–water partition coefficient (Wildman–Crippen LogP) is 4.08. The number of aromatic nitrogens is 1. The van der Waals surface area contributed by atoms with Gasteiger partial charge in [0.05, 0.1) is 0 Å². The summed E-state index contributed by atoms with van der Waals surface area (Å²) in [5.74, 6) is 2.35. The first-order valence-corrected chi connectivity index (χ1v) is 7.04. The van der Waals surface area contributed by atoms with Crippen molar-refractivity contribution in [2.45, 2.75) is 39.5 Å². The van der Waals surface area contributed by atoms with Crippen LogP contribution in [0.3, 0.4) is 0 Å². The van der Waals surface area contributed by atoms with E-state index in [0.29, 0.717) is 5.88 Å². The van der Waals surface area contributed by atoms with E-state index in [9.17, 15) is 0 Å². The van der Waals surface area contributed by atoms with E-state index in [1.165, 1.54) is 12.8 Å². The van der Waals surface area contributed by atoms with Crippen molar-refractivity contribution in [1.29, 1.82) is 0 Å². The standard InChI is InChI=1S/C14H23ClN2/c1-4-12(5-2)11-17(6-3)14-8-7-13(9-15)10-16-14/h7-8,10,12H,4-6,9,11H2,1-3H3. The molecule has 0 atom stereocenters. The van der Waals surface area contributed by atoms with E-state index in [2.05, 4.69) is 42.8 Å². The van der Waals surface area contributed by atoms with Gasteiger partial charge in [0, 0.05) is 25.2 Å². The van der Waals surface area contributed by atoms with Gasteiger partial charge in [-0.25, -0.2) is 4.98 Å². The van der Waals surface area contributed by atoms with Crippen LogP contribution < -0.4 is 4.90 Å². The van der Waals surface area contributed by atoms with Gasteiger partial charge in [-0.05, 0) is 24.5 Å². The number of nitrogens with zero attached hydrogens (tertiary/aromatic N) is 2. The van der Waals surface area contributed by atoms with Crippen molar-refractivity contribution in [3.05, 3.63) is 23.9 Å². The van der Waals surface area contributed by atoms with Crippen molar-refractivity contribution in [2.75, 3.05) is 18.0 Å². The molecule has 0 bridgehead atoms. The fraction of sp³-hybridized carbons (Fsp3) is 0.643. The summed E-state index contributed by atoms with van der Waals surface area (Å²) in [7, 11) is 0. The second-order valence-corrected chi connectivity index (χ2v) is 4.65. The van der Waals surface area contributed by atoms with Crippen LogP contribution in [0, 0.1) is 5.92 Å². The Morgan fingerprint density at radius 3 is 2.35 bits per heavy atom. The third-order valence-electron chi connectivity index (χ3n) is 3.30. The quantitative estimate of drug-likeness (QED) is 0.682. The van der Waals surface area contributed by atoms with Crippen molar-refractivity contribution in [3.8, 4) is 0 Å². The molecule has 1 aromatic heterocycles. The molecule has 0 amide bonds. The van der Waals surface area contributed by atoms with Crippen LogP contribution in [0.15, 0.2) is 18.3 Å². The summed E-state index contributed by atoms with van der Waals surface area (Å²) in [6.45, 7) is 8.79. The number of hydrogen-bond donors (Lipinski definition) is 0. The van der Waals surface area contributed by atoms with E-state index in [0.717, 1.165) is 30.4 Å². The summed E-state index contributed by atoms with van der Waals surface area (Å²) in [5, 5.41) is 0. The molecule has 3 heteroatoms. The van der Waals surface area contributed by atoms with Gasteiger partial charge in [-0.3, -0.25) is 0 Å². The van der Waals surface area contributed by atoms with Gasteiger partial charge in [-0.2, -0.15) is 0 Å². The van der Waals surface area contributed by atoms with Gasteiger partial charge in [0.25, 0.3) is 0 Å². The van der Waals surface area contributed by atoms with Gasteiger partial charge in [0.2, 0.25) is 0 Å². The minimum absolute atomic E-state index is 0.534. The third kappa shape index (κ3) is 4.19. The summed E-state index contributed by atoms with van der Waals surface area (Å²) in [5.41, 5.74) is 1.08. The average molecular weight is 255 g/mol. The molecular weight excluding hydrogens is 232 g/mol. The van der Waals surface area contributed by atoms with E-state index in [4.69, 9.17) is 11.6 Å². The highest BCUT2D eigenvalue weighted by Gasteiger charge is 2.11. The molecule has 0 radical (unpaired) electrons. The fourth-order valence-corrected chi connectivity index (χ4v) is 2.08. The first-order valence-electron chi connectivity index (χ1n) is 6.50. The summed E-state index contributed by atoms with van der Waals surface area (Å²) >= 11 is 5.77. The summed E-state index contributed by atoms with van der Waals surface area (Å²) in [4.78, 5) is 6.83. The van der Waals surface area contributed by atoms with E-state index in [1.807, 2.05) is 6.20 Å². The Hall–Kier alpha value is -0.760. The van der Waals surface area contributed by atoms with Gasteiger partial charge >= 0.3 is 0 Å². The van der Waals surface area contributed by atoms with Gasteiger partial charge in [0.1, 0.15) is 5.82 Å². The zero-order chi connectivity index (χ0) is 12.7. The zero-order valence-corrected chi connectivity index (χ0v) is 11.9. The van der Waals surface area contributed by atoms with E-state index < -0.39 is 0 Å². The Balaban J connectivity index is 2.71. The molecule has 0 unspecified atom stereocenters. The maximum atomic E-state index is 5.77. The molecule has 0 fully saturated rings. The van der Waals surface area contributed by atoms with Gasteiger partial charge in [-0.1, -0.05) is 32.8 Å². The molecule has 0 aliphatic rings. The van der Waals surface area contributed by atoms with Crippen LogP contribution in [0.5, 0.6) is 0 Å². The molecule has 0 saturated heterocycles. The van der Waals surface area contributed by atoms with Crippen LogP contribution in [-0.2, 0) is 5.88 Å². The number of halogens is 1. The van der Waals surface area contributed by atoms with E-state index in [1.54, 1.807) is 0 Å². The van der Waals surface area contributed by atoms with Crippen molar-refractivity contribution in [1.82, 2.24) is 4.98 Å². The Morgan fingerprint density at radius 2 is 1.94 bits per heavy atom. The minimum atomic E-state index is 0.534. The second-order valence-electron chi connectivity index (χ2n) is 4.38. The Morgan fingerprint density at radius 1 is 1.24 bits per heavy atom. The first-order chi connectivity index (χ1) is 8.24. The maximum absolute atomic E-state index is 5.77. The molecule has 0 aliphatic heterocycles. The lowest BCUT2D eigenvalue weighted by Gasteiger charge is -2.26. The second kappa shape index (κ2) is 7.54. The van der Waals surface area contributed by atoms with Crippen LogP contribution in [0.4, 0.5) is 5.82 Å². The smallest absolute Gasteiger partial charge is 0.128 e. The largest absolute Gasteiger partial charge is 0.357 e. The average Bonchev–Trinajstić information content (AvgIpc) is 2.40. The highest BCUT2D eigenvalue weighted by Crippen LogP contribution is 2.17. The maximum Gasteiger partial charge on any atom is 0.128 e. The first kappa shape index (κ1) is 14.3. The fourth-order valence-electron chi connectivity index (χ4n) is 1.93. The summed E-state index contributed by atoms with van der Waals surface area (Å²) in [6.07, 6.45) is 4.33. The van der Waals surface area contributed by atoms with Crippen molar-refractivity contribution >= 4 is 17.4 Å². The number of rotatable bonds is 7. The highest BCUT2D eigenvalue weighted by atomic mass is 35.5. The van der Waals surface area contributed by atoms with Crippen LogP contribution in [0.25, 0.3) is 0 Å². The monoisotopic (exact) mass is 254 g/mol. The molecule has 1 rings (SSSR count). The van der Waals surface area contributed by atoms with Crippen LogP contribution in [-0.4, -0.2) is 18.1 Å². The summed E-state index contributed by atoms with van der Waals surface area (Å²) < 4.78 is 0. The lowest BCUT2D eigenvalue weighted by atomic mass is 10.0. The number of anilines is 1. The Bertz CT molecular complexity index is 307. The van der Waals surface area contributed by atoms with Crippen LogP contribution in [0.2, 0.25) is 0 Å². The molecule has 17 heavy (non-hydrogen) atoms. The van der Waals surface area contributed by atoms with Crippen LogP contribution >= 0.6 is 11.6 Å². The van der Waals surface area contributed by atoms with Crippen molar-refractivity contribution < 1.29 is 0 Å². The molecule has 0 aromatic carbocycles. The predicted molar refractivity (Wildman–Crippen MR) is 75.8 cm³/mol. The molecule has 0 saturated carbocycles. The lowest BCUT2D eigenvalue weighted by Crippen LogP contribution is -2.29. The van der Waals surface area contributed by atoms with Gasteiger partial charge in [-0.15, -0.1) is 11.6 Å². The molecule has 2 nitrogen and oxygen atoms in total. The molecule has 0 N–H and O–H groups in total. The highest BCUT2D eigenvalue weighted by molar-refractivity contribution is 6.17. The topological polar surface area (TPSA) is 16.1 Å². The molecule has 1 aromatic rings. The Kier molecular flexibility index (Phi) is 6.35. The van der Waals surface area contributed by atoms with Crippen LogP contribution in [0.1, 0.15) is 39.2 Å². The zero-order valence-electron chi connectivity index (χ0n) is 11.1. The van der Waals surface area contributed by atoms with E-state index in [-0.39, 0.29) is 0 Å². The molecule has 0 aliphatic carbocycles. The molecule has 96 valence electrons. The lowest BCUT2D eigenvalue weighted by molar-refractivity contribution is 0.484. The minimum Gasteiger partial charge on any atom is -0.357 e. The third-order valence-corrected chi connectivity index (χ3v) is 3.61. The van der Waals surface area contributed by atoms with Gasteiger partial charge in [0.15, 0.2) is 0 Å². The Labute approximate surface area is 110 Å². The number of hydrogen-bond acceptors (Lipinski definition) is 2. The number of alkyl halides is 1. The molecule has 1 heterocycles. The van der Waals surface area contributed by atoms with E-state index >= 15 is 0 Å². The van der Waals surface area contributed by atoms with Gasteiger partial charge < -0.3 is 4.90 Å².